The number of thioether (sulfide) groups is 1. The van der Waals surface area contributed by atoms with Gasteiger partial charge in [-0.3, -0.25) is 4.79 Å². The highest BCUT2D eigenvalue weighted by molar-refractivity contribution is 7.99. The first-order chi connectivity index (χ1) is 14.7. The third-order valence-corrected chi connectivity index (χ3v) is 7.35. The van der Waals surface area contributed by atoms with Crippen molar-refractivity contribution in [3.8, 4) is 5.75 Å². The van der Waals surface area contributed by atoms with Crippen molar-refractivity contribution >= 4 is 62.2 Å². The third kappa shape index (κ3) is 4.93. The maximum atomic E-state index is 13.1. The Kier molecular flexibility index (Phi) is 7.05. The van der Waals surface area contributed by atoms with Gasteiger partial charge in [0.1, 0.15) is 28.0 Å². The van der Waals surface area contributed by atoms with Gasteiger partial charge < -0.3 is 15.8 Å². The maximum absolute atomic E-state index is 13.1. The number of carbonyl (C=O) groups is 1. The number of nitrogen functional groups attached to an aromatic ring is 1. The number of benzene rings is 2. The number of hydrogen-bond donors (Lipinski definition) is 2. The van der Waals surface area contributed by atoms with E-state index < -0.39 is 15.7 Å². The van der Waals surface area contributed by atoms with Gasteiger partial charge in [-0.1, -0.05) is 23.2 Å². The lowest BCUT2D eigenvalue weighted by Crippen LogP contribution is -2.21. The molecule has 1 heterocycles. The average molecular weight is 501 g/mol. The van der Waals surface area contributed by atoms with Crippen LogP contribution < -0.4 is 15.8 Å². The Morgan fingerprint density at radius 3 is 2.45 bits per heavy atom. The molecule has 0 radical (unpaired) electrons. The van der Waals surface area contributed by atoms with E-state index in [4.69, 9.17) is 33.7 Å². The van der Waals surface area contributed by atoms with E-state index >= 15 is 0 Å². The van der Waals surface area contributed by atoms with E-state index in [1.807, 2.05) is 0 Å². The van der Waals surface area contributed by atoms with Crippen molar-refractivity contribution in [1.82, 2.24) is 9.78 Å². The summed E-state index contributed by atoms with van der Waals surface area (Å²) in [6, 6.07) is 10.5. The van der Waals surface area contributed by atoms with Crippen LogP contribution in [-0.2, 0) is 21.2 Å². The van der Waals surface area contributed by atoms with Gasteiger partial charge in [0, 0.05) is 10.0 Å². The number of anilines is 2. The highest BCUT2D eigenvalue weighted by Gasteiger charge is 2.29. The number of aromatic nitrogens is 2. The van der Waals surface area contributed by atoms with Crippen LogP contribution in [0.25, 0.3) is 0 Å². The molecule has 0 saturated carbocycles. The standard InChI is InChI=1S/C19H18Cl2N4O4S2/c1-29-15-8-5-12(21)9-14(15)23-16(26)10-25-18(22)17(19(24-25)30-2)31(27,28)13-6-3-11(20)4-7-13/h3-9H,10,22H2,1-2H3,(H,23,26). The quantitative estimate of drug-likeness (QED) is 0.471. The van der Waals surface area contributed by atoms with Crippen LogP contribution in [0.5, 0.6) is 5.75 Å². The van der Waals surface area contributed by atoms with E-state index in [1.165, 1.54) is 37.4 Å². The summed E-state index contributed by atoms with van der Waals surface area (Å²) in [6.07, 6.45) is 1.67. The van der Waals surface area contributed by atoms with Crippen molar-refractivity contribution in [2.45, 2.75) is 21.4 Å². The molecule has 12 heteroatoms. The number of rotatable bonds is 7. The molecule has 0 bridgehead atoms. The predicted molar refractivity (Wildman–Crippen MR) is 122 cm³/mol. The second-order valence-corrected chi connectivity index (χ2v) is 9.79. The largest absolute Gasteiger partial charge is 0.495 e. The van der Waals surface area contributed by atoms with Gasteiger partial charge in [-0.05, 0) is 48.7 Å². The van der Waals surface area contributed by atoms with Crippen LogP contribution in [0, 0.1) is 0 Å². The predicted octanol–water partition coefficient (Wildman–Crippen LogP) is 3.97. The maximum Gasteiger partial charge on any atom is 0.246 e. The topological polar surface area (TPSA) is 116 Å². The fraction of sp³-hybridized carbons (Fsp3) is 0.158. The molecule has 0 aliphatic rings. The number of hydrogen-bond acceptors (Lipinski definition) is 7. The molecule has 0 spiro atoms. The molecular formula is C19H18Cl2N4O4S2. The summed E-state index contributed by atoms with van der Waals surface area (Å²) < 4.78 is 32.6. The summed E-state index contributed by atoms with van der Waals surface area (Å²) in [5, 5.41) is 7.87. The number of nitrogens with zero attached hydrogens (tertiary/aromatic N) is 2. The minimum Gasteiger partial charge on any atom is -0.495 e. The first kappa shape index (κ1) is 23.3. The second kappa shape index (κ2) is 9.39. The summed E-state index contributed by atoms with van der Waals surface area (Å²) >= 11 is 12.9. The number of methoxy groups -OCH3 is 1. The minimum absolute atomic E-state index is 0.0200. The first-order valence-electron chi connectivity index (χ1n) is 8.71. The Morgan fingerprint density at radius 1 is 1.19 bits per heavy atom. The van der Waals surface area contributed by atoms with Crippen molar-refractivity contribution in [2.24, 2.45) is 0 Å². The smallest absolute Gasteiger partial charge is 0.246 e. The zero-order valence-corrected chi connectivity index (χ0v) is 19.6. The summed E-state index contributed by atoms with van der Waals surface area (Å²) in [5.74, 6) is -0.215. The van der Waals surface area contributed by atoms with Gasteiger partial charge in [-0.2, -0.15) is 5.10 Å². The first-order valence-corrected chi connectivity index (χ1v) is 12.2. The number of halogens is 2. The highest BCUT2D eigenvalue weighted by Crippen LogP contribution is 2.34. The van der Waals surface area contributed by atoms with E-state index in [0.717, 1.165) is 16.4 Å². The van der Waals surface area contributed by atoms with Crippen molar-refractivity contribution in [1.29, 1.82) is 0 Å². The van der Waals surface area contributed by atoms with E-state index in [1.54, 1.807) is 18.4 Å². The normalized spacial score (nSPS) is 11.4. The Morgan fingerprint density at radius 2 is 1.84 bits per heavy atom. The molecule has 0 unspecified atom stereocenters. The molecule has 3 rings (SSSR count). The highest BCUT2D eigenvalue weighted by atomic mass is 35.5. The fourth-order valence-electron chi connectivity index (χ4n) is 2.78. The molecule has 1 aromatic heterocycles. The van der Waals surface area contributed by atoms with E-state index in [9.17, 15) is 13.2 Å². The number of carbonyl (C=O) groups excluding carboxylic acids is 1. The molecule has 0 atom stereocenters. The third-order valence-electron chi connectivity index (χ3n) is 4.23. The molecule has 3 aromatic rings. The molecule has 1 amide bonds. The molecule has 31 heavy (non-hydrogen) atoms. The minimum atomic E-state index is -3.98. The molecule has 0 aliphatic heterocycles. The molecule has 2 aromatic carbocycles. The van der Waals surface area contributed by atoms with Crippen LogP contribution >= 0.6 is 35.0 Å². The van der Waals surface area contributed by atoms with Crippen LogP contribution in [0.2, 0.25) is 10.0 Å². The van der Waals surface area contributed by atoms with Gasteiger partial charge in [0.15, 0.2) is 0 Å². The molecule has 3 N–H and O–H groups in total. The number of nitrogens with one attached hydrogen (secondary N) is 1. The van der Waals surface area contributed by atoms with Crippen molar-refractivity contribution in [3.63, 3.8) is 0 Å². The van der Waals surface area contributed by atoms with Crippen molar-refractivity contribution in [2.75, 3.05) is 24.4 Å². The lowest BCUT2D eigenvalue weighted by atomic mass is 10.3. The summed E-state index contributed by atoms with van der Waals surface area (Å²) in [7, 11) is -2.51. The molecule has 0 fully saturated rings. The summed E-state index contributed by atoms with van der Waals surface area (Å²) in [6.45, 7) is -0.314. The fourth-order valence-corrected chi connectivity index (χ4v) is 5.51. The van der Waals surface area contributed by atoms with Gasteiger partial charge in [-0.15, -0.1) is 11.8 Å². The molecule has 0 saturated heterocycles. The number of ether oxygens (including phenoxy) is 1. The Hall–Kier alpha value is -2.40. The number of amides is 1. The zero-order chi connectivity index (χ0) is 22.8. The van der Waals surface area contributed by atoms with Crippen LogP contribution in [-0.4, -0.2) is 37.5 Å². The van der Waals surface area contributed by atoms with Gasteiger partial charge in [-0.25, -0.2) is 13.1 Å². The summed E-state index contributed by atoms with van der Waals surface area (Å²) in [5.41, 5.74) is 6.48. The lowest BCUT2D eigenvalue weighted by molar-refractivity contribution is -0.116. The average Bonchev–Trinajstić information content (AvgIpc) is 3.04. The molecule has 0 aliphatic carbocycles. The van der Waals surface area contributed by atoms with E-state index in [0.29, 0.717) is 21.5 Å². The Balaban J connectivity index is 1.92. The monoisotopic (exact) mass is 500 g/mol. The van der Waals surface area contributed by atoms with E-state index in [2.05, 4.69) is 10.4 Å². The Bertz CT molecular complexity index is 1230. The van der Waals surface area contributed by atoms with Crippen molar-refractivity contribution in [3.05, 3.63) is 52.5 Å². The SMILES string of the molecule is COc1ccc(Cl)cc1NC(=O)Cn1nc(SC)c(S(=O)(=O)c2ccc(Cl)cc2)c1N. The van der Waals surface area contributed by atoms with Crippen molar-refractivity contribution < 1.29 is 17.9 Å². The number of sulfone groups is 1. The van der Waals surface area contributed by atoms with Crippen LogP contribution in [0.1, 0.15) is 0 Å². The lowest BCUT2D eigenvalue weighted by Gasteiger charge is -2.11. The molecule has 164 valence electrons. The van der Waals surface area contributed by atoms with Crippen LogP contribution in [0.4, 0.5) is 11.5 Å². The number of nitrogens with two attached hydrogens (primary N) is 1. The van der Waals surface area contributed by atoms with E-state index in [-0.39, 0.29) is 27.2 Å². The van der Waals surface area contributed by atoms with Gasteiger partial charge >= 0.3 is 0 Å². The zero-order valence-electron chi connectivity index (χ0n) is 16.4. The molecular weight excluding hydrogens is 483 g/mol. The van der Waals surface area contributed by atoms with Crippen LogP contribution in [0.15, 0.2) is 57.3 Å². The Labute approximate surface area is 193 Å². The molecule has 8 nitrogen and oxygen atoms in total. The summed E-state index contributed by atoms with van der Waals surface area (Å²) in [4.78, 5) is 12.4. The van der Waals surface area contributed by atoms with Crippen LogP contribution in [0.3, 0.4) is 0 Å². The van der Waals surface area contributed by atoms with Gasteiger partial charge in [0.2, 0.25) is 15.7 Å². The van der Waals surface area contributed by atoms with Gasteiger partial charge in [0.25, 0.3) is 0 Å². The van der Waals surface area contributed by atoms with Gasteiger partial charge in [0.05, 0.1) is 17.7 Å². The second-order valence-electron chi connectivity index (χ2n) is 6.23.